The molecule has 0 atom stereocenters. The lowest BCUT2D eigenvalue weighted by Crippen LogP contribution is -2.03. The first kappa shape index (κ1) is 12.8. The minimum atomic E-state index is 0.605. The molecule has 0 aromatic heterocycles. The lowest BCUT2D eigenvalue weighted by molar-refractivity contribution is 1.11. The number of nitriles is 1. The summed E-state index contributed by atoms with van der Waals surface area (Å²) >= 11 is 6.15. The van der Waals surface area contributed by atoms with Gasteiger partial charge in [-0.15, -0.1) is 0 Å². The molecule has 0 radical (unpaired) electrons. The Hall–Kier alpha value is -2.18. The van der Waals surface area contributed by atoms with E-state index in [4.69, 9.17) is 16.9 Å². The molecule has 3 rings (SSSR count). The van der Waals surface area contributed by atoms with Crippen molar-refractivity contribution in [2.24, 2.45) is 0 Å². The highest BCUT2D eigenvalue weighted by molar-refractivity contribution is 6.33. The number of rotatable bonds is 3. The van der Waals surface area contributed by atoms with Gasteiger partial charge in [-0.3, -0.25) is 0 Å². The highest BCUT2D eigenvalue weighted by Gasteiger charge is 2.13. The van der Waals surface area contributed by atoms with Crippen LogP contribution in [0.25, 0.3) is 0 Å². The fourth-order valence-corrected chi connectivity index (χ4v) is 2.66. The third-order valence-electron chi connectivity index (χ3n) is 3.50. The normalized spacial score (nSPS) is 12.4. The Kier molecular flexibility index (Phi) is 3.49. The minimum absolute atomic E-state index is 0.605. The average Bonchev–Trinajstić information content (AvgIpc) is 2.95. The van der Waals surface area contributed by atoms with Crippen molar-refractivity contribution in [1.29, 1.82) is 5.26 Å². The average molecular weight is 284 g/mol. The van der Waals surface area contributed by atoms with Gasteiger partial charge in [-0.1, -0.05) is 29.8 Å². The number of nitrogens with one attached hydrogen (secondary N) is 2. The number of anilines is 2. The summed E-state index contributed by atoms with van der Waals surface area (Å²) < 4.78 is 0. The maximum absolute atomic E-state index is 8.93. The molecule has 20 heavy (non-hydrogen) atoms. The molecule has 0 saturated heterocycles. The van der Waals surface area contributed by atoms with Crippen LogP contribution in [0.1, 0.15) is 16.7 Å². The Morgan fingerprint density at radius 2 is 2.20 bits per heavy atom. The van der Waals surface area contributed by atoms with Gasteiger partial charge < -0.3 is 10.6 Å². The highest BCUT2D eigenvalue weighted by atomic mass is 35.5. The van der Waals surface area contributed by atoms with E-state index in [9.17, 15) is 0 Å². The van der Waals surface area contributed by atoms with Crippen molar-refractivity contribution in [1.82, 2.24) is 0 Å². The second-order valence-electron chi connectivity index (χ2n) is 4.79. The smallest absolute Gasteiger partial charge is 0.0992 e. The zero-order valence-corrected chi connectivity index (χ0v) is 11.7. The Labute approximate surface area is 123 Å². The molecule has 2 aromatic carbocycles. The van der Waals surface area contributed by atoms with Gasteiger partial charge in [-0.05, 0) is 35.7 Å². The molecule has 2 aromatic rings. The topological polar surface area (TPSA) is 47.9 Å². The van der Waals surface area contributed by atoms with Gasteiger partial charge in [0.15, 0.2) is 0 Å². The maximum atomic E-state index is 8.93. The van der Waals surface area contributed by atoms with Crippen molar-refractivity contribution in [2.45, 2.75) is 13.0 Å². The van der Waals surface area contributed by atoms with Gasteiger partial charge in [0.25, 0.3) is 0 Å². The Bertz CT molecular complexity index is 687. The van der Waals surface area contributed by atoms with Crippen molar-refractivity contribution in [2.75, 3.05) is 17.2 Å². The molecule has 0 aliphatic carbocycles. The summed E-state index contributed by atoms with van der Waals surface area (Å²) in [4.78, 5) is 0. The quantitative estimate of drug-likeness (QED) is 0.901. The van der Waals surface area contributed by atoms with Gasteiger partial charge in [0.05, 0.1) is 22.3 Å². The van der Waals surface area contributed by atoms with Gasteiger partial charge in [0.2, 0.25) is 0 Å². The van der Waals surface area contributed by atoms with Gasteiger partial charge >= 0.3 is 0 Å². The van der Waals surface area contributed by atoms with Crippen LogP contribution in [0, 0.1) is 11.3 Å². The second-order valence-corrected chi connectivity index (χ2v) is 5.20. The number of benzene rings is 2. The SMILES string of the molecule is N#Cc1ccc(Cl)c(NCc2cccc3c2NCC3)c1. The Morgan fingerprint density at radius 3 is 3.05 bits per heavy atom. The van der Waals surface area contributed by atoms with E-state index >= 15 is 0 Å². The summed E-state index contributed by atoms with van der Waals surface area (Å²) in [5.41, 5.74) is 5.21. The zero-order valence-electron chi connectivity index (χ0n) is 10.9. The van der Waals surface area contributed by atoms with Crippen LogP contribution in [0.2, 0.25) is 5.02 Å². The molecule has 0 saturated carbocycles. The summed E-state index contributed by atoms with van der Waals surface area (Å²) in [7, 11) is 0. The third-order valence-corrected chi connectivity index (χ3v) is 3.83. The molecule has 3 nitrogen and oxygen atoms in total. The summed E-state index contributed by atoms with van der Waals surface area (Å²) in [6, 6.07) is 13.7. The molecule has 4 heteroatoms. The van der Waals surface area contributed by atoms with E-state index in [1.165, 1.54) is 16.8 Å². The summed E-state index contributed by atoms with van der Waals surface area (Å²) in [6.45, 7) is 1.68. The van der Waals surface area contributed by atoms with Crippen molar-refractivity contribution in [3.8, 4) is 6.07 Å². The van der Waals surface area contributed by atoms with Crippen molar-refractivity contribution in [3.05, 3.63) is 58.1 Å². The molecule has 100 valence electrons. The molecular formula is C16H14ClN3. The van der Waals surface area contributed by atoms with E-state index in [-0.39, 0.29) is 0 Å². The standard InChI is InChI=1S/C16H14ClN3/c17-14-5-4-11(9-18)8-15(14)20-10-13-3-1-2-12-6-7-19-16(12)13/h1-5,8,19-20H,6-7,10H2. The molecule has 1 aliphatic heterocycles. The predicted octanol–water partition coefficient (Wildman–Crippen LogP) is 3.79. The van der Waals surface area contributed by atoms with Gasteiger partial charge in [-0.2, -0.15) is 5.26 Å². The van der Waals surface area contributed by atoms with Gasteiger partial charge in [0, 0.05) is 18.8 Å². The number of fused-ring (bicyclic) bond motifs is 1. The molecule has 0 bridgehead atoms. The predicted molar refractivity (Wildman–Crippen MR) is 82.1 cm³/mol. The van der Waals surface area contributed by atoms with Gasteiger partial charge in [-0.25, -0.2) is 0 Å². The molecular weight excluding hydrogens is 270 g/mol. The van der Waals surface area contributed by atoms with Crippen LogP contribution in [0.4, 0.5) is 11.4 Å². The zero-order chi connectivity index (χ0) is 13.9. The fourth-order valence-electron chi connectivity index (χ4n) is 2.48. The summed E-state index contributed by atoms with van der Waals surface area (Å²) in [5.74, 6) is 0. The second kappa shape index (κ2) is 5.44. The maximum Gasteiger partial charge on any atom is 0.0992 e. The first-order chi connectivity index (χ1) is 9.78. The molecule has 0 amide bonds. The number of hydrogen-bond donors (Lipinski definition) is 2. The van der Waals surface area contributed by atoms with E-state index < -0.39 is 0 Å². The first-order valence-electron chi connectivity index (χ1n) is 6.56. The van der Waals surface area contributed by atoms with Crippen LogP contribution in [0.3, 0.4) is 0 Å². The number of hydrogen-bond acceptors (Lipinski definition) is 3. The van der Waals surface area contributed by atoms with Crippen LogP contribution < -0.4 is 10.6 Å². The van der Waals surface area contributed by atoms with Gasteiger partial charge in [0.1, 0.15) is 0 Å². The van der Waals surface area contributed by atoms with Crippen LogP contribution in [-0.2, 0) is 13.0 Å². The number of halogens is 1. The van der Waals surface area contributed by atoms with E-state index in [1.54, 1.807) is 18.2 Å². The van der Waals surface area contributed by atoms with E-state index in [1.807, 2.05) is 0 Å². The molecule has 2 N–H and O–H groups in total. The van der Waals surface area contributed by atoms with E-state index in [0.717, 1.165) is 18.7 Å². The van der Waals surface area contributed by atoms with Crippen molar-refractivity contribution >= 4 is 23.0 Å². The van der Waals surface area contributed by atoms with Crippen molar-refractivity contribution in [3.63, 3.8) is 0 Å². The summed E-state index contributed by atoms with van der Waals surface area (Å²) in [5, 5.41) is 16.3. The highest BCUT2D eigenvalue weighted by Crippen LogP contribution is 2.28. The number of nitrogens with zero attached hydrogens (tertiary/aromatic N) is 1. The third kappa shape index (κ3) is 2.43. The van der Waals surface area contributed by atoms with Crippen LogP contribution in [0.5, 0.6) is 0 Å². The lowest BCUT2D eigenvalue weighted by Gasteiger charge is -2.12. The molecule has 1 aliphatic rings. The van der Waals surface area contributed by atoms with Crippen molar-refractivity contribution < 1.29 is 0 Å². The largest absolute Gasteiger partial charge is 0.384 e. The minimum Gasteiger partial charge on any atom is -0.384 e. The van der Waals surface area contributed by atoms with Crippen LogP contribution in [-0.4, -0.2) is 6.54 Å². The van der Waals surface area contributed by atoms with E-state index in [0.29, 0.717) is 17.1 Å². The molecule has 0 unspecified atom stereocenters. The Morgan fingerprint density at radius 1 is 1.30 bits per heavy atom. The Balaban J connectivity index is 1.81. The number of para-hydroxylation sites is 1. The fraction of sp³-hybridized carbons (Fsp3) is 0.188. The van der Waals surface area contributed by atoms with E-state index in [2.05, 4.69) is 34.9 Å². The first-order valence-corrected chi connectivity index (χ1v) is 6.94. The van der Waals surface area contributed by atoms with Crippen LogP contribution >= 0.6 is 11.6 Å². The van der Waals surface area contributed by atoms with Crippen LogP contribution in [0.15, 0.2) is 36.4 Å². The molecule has 1 heterocycles. The molecule has 0 fully saturated rings. The summed E-state index contributed by atoms with van der Waals surface area (Å²) in [6.07, 6.45) is 1.08. The monoisotopic (exact) mass is 283 g/mol. The molecule has 0 spiro atoms. The lowest BCUT2D eigenvalue weighted by atomic mass is 10.1.